The van der Waals surface area contributed by atoms with Crippen LogP contribution in [0.4, 0.5) is 4.39 Å². The van der Waals surface area contributed by atoms with E-state index in [1.165, 1.54) is 6.07 Å². The number of halogens is 1. The maximum absolute atomic E-state index is 13.1. The number of carboxylic acid groups (broad SMARTS) is 1. The lowest BCUT2D eigenvalue weighted by Gasteiger charge is -2.37. The first-order valence-electron chi connectivity index (χ1n) is 6.23. The van der Waals surface area contributed by atoms with Gasteiger partial charge in [-0.25, -0.2) is 4.39 Å². The zero-order chi connectivity index (χ0) is 13.2. The maximum Gasteiger partial charge on any atom is 0.310 e. The molecule has 3 nitrogen and oxygen atoms in total. The molecule has 0 heterocycles. The summed E-state index contributed by atoms with van der Waals surface area (Å²) in [5.41, 5.74) is 1.02. The van der Waals surface area contributed by atoms with Crippen molar-refractivity contribution >= 4 is 5.97 Å². The van der Waals surface area contributed by atoms with Crippen molar-refractivity contribution < 1.29 is 14.3 Å². The van der Waals surface area contributed by atoms with E-state index < -0.39 is 11.4 Å². The van der Waals surface area contributed by atoms with E-state index in [1.54, 1.807) is 19.1 Å². The van der Waals surface area contributed by atoms with Gasteiger partial charge in [0.25, 0.3) is 0 Å². The number of hydrogen-bond acceptors (Lipinski definition) is 2. The standard InChI is InChI=1S/C14H18FNO2/c1-10-7-11(3-4-12(10)15)8-16-9-14(13(17)18)5-2-6-14/h3-4,7,16H,2,5-6,8-9H2,1H3,(H,17,18). The summed E-state index contributed by atoms with van der Waals surface area (Å²) in [5.74, 6) is -0.920. The highest BCUT2D eigenvalue weighted by Gasteiger charge is 2.43. The highest BCUT2D eigenvalue weighted by molar-refractivity contribution is 5.76. The summed E-state index contributed by atoms with van der Waals surface area (Å²) in [5, 5.41) is 12.3. The van der Waals surface area contributed by atoms with Crippen LogP contribution in [-0.4, -0.2) is 17.6 Å². The van der Waals surface area contributed by atoms with Crippen LogP contribution in [0.3, 0.4) is 0 Å². The molecule has 0 bridgehead atoms. The van der Waals surface area contributed by atoms with Gasteiger partial charge < -0.3 is 10.4 Å². The number of carboxylic acids is 1. The van der Waals surface area contributed by atoms with Crippen LogP contribution in [0.15, 0.2) is 18.2 Å². The minimum atomic E-state index is -0.712. The molecule has 1 fully saturated rings. The molecule has 18 heavy (non-hydrogen) atoms. The van der Waals surface area contributed by atoms with E-state index >= 15 is 0 Å². The first-order chi connectivity index (χ1) is 8.53. The van der Waals surface area contributed by atoms with Gasteiger partial charge in [0.15, 0.2) is 0 Å². The molecule has 98 valence electrons. The van der Waals surface area contributed by atoms with Crippen LogP contribution in [0.2, 0.25) is 0 Å². The lowest BCUT2D eigenvalue weighted by Crippen LogP contribution is -2.45. The molecule has 0 aliphatic heterocycles. The number of rotatable bonds is 5. The van der Waals surface area contributed by atoms with Crippen LogP contribution in [0.1, 0.15) is 30.4 Å². The third kappa shape index (κ3) is 2.53. The van der Waals surface area contributed by atoms with Crippen molar-refractivity contribution in [3.05, 3.63) is 35.1 Å². The summed E-state index contributed by atoms with van der Waals surface area (Å²) in [7, 11) is 0. The average Bonchev–Trinajstić information content (AvgIpc) is 2.26. The molecule has 0 spiro atoms. The van der Waals surface area contributed by atoms with Gasteiger partial charge in [-0.2, -0.15) is 0 Å². The Labute approximate surface area is 106 Å². The Balaban J connectivity index is 1.88. The van der Waals surface area contributed by atoms with Gasteiger partial charge >= 0.3 is 5.97 Å². The summed E-state index contributed by atoms with van der Waals surface area (Å²) in [6.45, 7) is 2.79. The zero-order valence-electron chi connectivity index (χ0n) is 10.5. The van der Waals surface area contributed by atoms with Crippen molar-refractivity contribution in [1.82, 2.24) is 5.32 Å². The molecule has 1 aliphatic carbocycles. The summed E-state index contributed by atoms with van der Waals surface area (Å²) in [6, 6.07) is 4.96. The Morgan fingerprint density at radius 1 is 1.50 bits per heavy atom. The number of aryl methyl sites for hydroxylation is 1. The van der Waals surface area contributed by atoms with Crippen LogP contribution in [0.5, 0.6) is 0 Å². The van der Waals surface area contributed by atoms with Crippen LogP contribution in [0, 0.1) is 18.2 Å². The van der Waals surface area contributed by atoms with E-state index in [1.807, 2.05) is 0 Å². The summed E-state index contributed by atoms with van der Waals surface area (Å²) in [6.07, 6.45) is 2.49. The van der Waals surface area contributed by atoms with E-state index in [4.69, 9.17) is 0 Å². The number of nitrogens with one attached hydrogen (secondary N) is 1. The SMILES string of the molecule is Cc1cc(CNCC2(C(=O)O)CCC2)ccc1F. The topological polar surface area (TPSA) is 49.3 Å². The molecular weight excluding hydrogens is 233 g/mol. The van der Waals surface area contributed by atoms with E-state index in [9.17, 15) is 14.3 Å². The fourth-order valence-corrected chi connectivity index (χ4v) is 2.33. The largest absolute Gasteiger partial charge is 0.481 e. The number of benzene rings is 1. The van der Waals surface area contributed by atoms with Gasteiger partial charge in [0, 0.05) is 13.1 Å². The molecule has 1 aliphatic rings. The summed E-state index contributed by atoms with van der Waals surface area (Å²) >= 11 is 0. The maximum atomic E-state index is 13.1. The van der Waals surface area contributed by atoms with Crippen LogP contribution < -0.4 is 5.32 Å². The Hall–Kier alpha value is -1.42. The lowest BCUT2D eigenvalue weighted by molar-refractivity contribution is -0.154. The second kappa shape index (κ2) is 5.06. The number of carbonyl (C=O) groups is 1. The van der Waals surface area contributed by atoms with Crippen molar-refractivity contribution in [2.75, 3.05) is 6.54 Å². The van der Waals surface area contributed by atoms with Gasteiger partial charge in [0.05, 0.1) is 5.41 Å². The van der Waals surface area contributed by atoms with Gasteiger partial charge in [-0.1, -0.05) is 18.6 Å². The predicted molar refractivity (Wildman–Crippen MR) is 66.8 cm³/mol. The Morgan fingerprint density at radius 2 is 2.22 bits per heavy atom. The number of aliphatic carboxylic acids is 1. The quantitative estimate of drug-likeness (QED) is 0.845. The van der Waals surface area contributed by atoms with E-state index in [-0.39, 0.29) is 5.82 Å². The first kappa shape index (κ1) is 13.0. The molecule has 0 amide bonds. The van der Waals surface area contributed by atoms with Gasteiger partial charge in [-0.3, -0.25) is 4.79 Å². The average molecular weight is 251 g/mol. The van der Waals surface area contributed by atoms with E-state index in [0.29, 0.717) is 18.7 Å². The molecule has 1 saturated carbocycles. The lowest BCUT2D eigenvalue weighted by atomic mass is 9.69. The molecule has 1 aromatic rings. The molecule has 1 aromatic carbocycles. The van der Waals surface area contributed by atoms with Crippen molar-refractivity contribution in [3.63, 3.8) is 0 Å². The highest BCUT2D eigenvalue weighted by atomic mass is 19.1. The van der Waals surface area contributed by atoms with Crippen LogP contribution in [-0.2, 0) is 11.3 Å². The fourth-order valence-electron chi connectivity index (χ4n) is 2.33. The molecule has 0 saturated heterocycles. The third-order valence-corrected chi connectivity index (χ3v) is 3.78. The molecule has 0 radical (unpaired) electrons. The van der Waals surface area contributed by atoms with Gasteiger partial charge in [-0.05, 0) is 37.0 Å². The van der Waals surface area contributed by atoms with Gasteiger partial charge in [0.1, 0.15) is 5.82 Å². The fraction of sp³-hybridized carbons (Fsp3) is 0.500. The molecule has 0 unspecified atom stereocenters. The van der Waals surface area contributed by atoms with Crippen molar-refractivity contribution in [2.24, 2.45) is 5.41 Å². The van der Waals surface area contributed by atoms with E-state index in [2.05, 4.69) is 5.32 Å². The molecule has 2 rings (SSSR count). The van der Waals surface area contributed by atoms with Crippen LogP contribution >= 0.6 is 0 Å². The third-order valence-electron chi connectivity index (χ3n) is 3.78. The van der Waals surface area contributed by atoms with Crippen LogP contribution in [0.25, 0.3) is 0 Å². The van der Waals surface area contributed by atoms with Gasteiger partial charge in [-0.15, -0.1) is 0 Å². The predicted octanol–water partition coefficient (Wildman–Crippen LogP) is 2.48. The van der Waals surface area contributed by atoms with Crippen molar-refractivity contribution in [1.29, 1.82) is 0 Å². The molecule has 0 aromatic heterocycles. The summed E-state index contributed by atoms with van der Waals surface area (Å²) < 4.78 is 13.1. The first-order valence-corrected chi connectivity index (χ1v) is 6.23. The molecule has 0 atom stereocenters. The minimum Gasteiger partial charge on any atom is -0.481 e. The number of hydrogen-bond donors (Lipinski definition) is 2. The Kier molecular flexibility index (Phi) is 3.66. The Morgan fingerprint density at radius 3 is 2.72 bits per heavy atom. The molecule has 2 N–H and O–H groups in total. The van der Waals surface area contributed by atoms with Crippen molar-refractivity contribution in [3.8, 4) is 0 Å². The van der Waals surface area contributed by atoms with E-state index in [0.717, 1.165) is 24.8 Å². The summed E-state index contributed by atoms with van der Waals surface area (Å²) in [4.78, 5) is 11.2. The monoisotopic (exact) mass is 251 g/mol. The highest BCUT2D eigenvalue weighted by Crippen LogP contribution is 2.40. The van der Waals surface area contributed by atoms with Gasteiger partial charge in [0.2, 0.25) is 0 Å². The molecular formula is C14H18FNO2. The smallest absolute Gasteiger partial charge is 0.310 e. The minimum absolute atomic E-state index is 0.209. The second-order valence-corrected chi connectivity index (χ2v) is 5.13. The zero-order valence-corrected chi connectivity index (χ0v) is 10.5. The second-order valence-electron chi connectivity index (χ2n) is 5.13. The molecule has 4 heteroatoms. The Bertz CT molecular complexity index is 455. The normalized spacial score (nSPS) is 17.2. The van der Waals surface area contributed by atoms with Crippen molar-refractivity contribution in [2.45, 2.75) is 32.7 Å².